The van der Waals surface area contributed by atoms with E-state index < -0.39 is 0 Å². The number of rotatable bonds is 0. The van der Waals surface area contributed by atoms with Crippen LogP contribution in [0.25, 0.3) is 6.08 Å². The molecule has 0 nitrogen and oxygen atoms in total. The van der Waals surface area contributed by atoms with Crippen LogP contribution in [0.2, 0.25) is 0 Å². The van der Waals surface area contributed by atoms with Crippen molar-refractivity contribution in [1.82, 2.24) is 0 Å². The van der Waals surface area contributed by atoms with E-state index in [1.165, 1.54) is 5.56 Å². The topological polar surface area (TPSA) is 0 Å². The molecule has 1 aromatic carbocycles. The Balaban J connectivity index is -0.000000250. The average molecular weight is 421 g/mol. The van der Waals surface area contributed by atoms with Crippen molar-refractivity contribution < 1.29 is 63.4 Å². The van der Waals surface area contributed by atoms with Gasteiger partial charge in [0.05, 0.1) is 0 Å². The van der Waals surface area contributed by atoms with E-state index in [-0.39, 0.29) is 85.0 Å². The summed E-state index contributed by atoms with van der Waals surface area (Å²) in [4.78, 5) is 0. The molecule has 0 unspecified atom stereocenters. The van der Waals surface area contributed by atoms with Crippen LogP contribution in [-0.4, -0.2) is 21.6 Å². The quantitative estimate of drug-likeness (QED) is 0.289. The first-order chi connectivity index (χ1) is 4.47. The molecule has 5 heteroatoms. The predicted molar refractivity (Wildman–Crippen MR) is 40.9 cm³/mol. The molecule has 1 aromatic rings. The van der Waals surface area contributed by atoms with Crippen molar-refractivity contribution in [2.24, 2.45) is 0 Å². The number of fused-ring (bicyclic) bond motifs is 1. The zero-order valence-electron chi connectivity index (χ0n) is 6.52. The molecule has 0 aromatic heterocycles. The molecule has 0 fully saturated rings. The summed E-state index contributed by atoms with van der Waals surface area (Å²) in [7, 11) is 0. The Morgan fingerprint density at radius 2 is 1.62 bits per heavy atom. The third-order valence-electron chi connectivity index (χ3n) is 1.40. The van der Waals surface area contributed by atoms with Gasteiger partial charge in [-0.05, 0) is 0 Å². The molecule has 2 rings (SSSR count). The molecule has 1 aliphatic heterocycles. The first kappa shape index (κ1) is 20.0. The fraction of sp³-hybridized carbons (Fsp3) is 0. The maximum atomic E-state index is 3.33. The maximum Gasteiger partial charge on any atom is 4.00 e. The Kier molecular flexibility index (Phi) is 15.5. The first-order valence-corrected chi connectivity index (χ1v) is 5.76. The zero-order valence-corrected chi connectivity index (χ0v) is 14.1. The Morgan fingerprint density at radius 3 is 2.23 bits per heavy atom. The van der Waals surface area contributed by atoms with Crippen LogP contribution in [0.5, 0.6) is 0 Å². The molecular weight excluding hydrogens is 415 g/mol. The van der Waals surface area contributed by atoms with Crippen LogP contribution in [0.1, 0.15) is 5.56 Å². The van der Waals surface area contributed by atoms with Crippen LogP contribution in [0.15, 0.2) is 24.3 Å². The van der Waals surface area contributed by atoms with Gasteiger partial charge < -0.3 is 37.2 Å². The van der Waals surface area contributed by atoms with Crippen LogP contribution in [0, 0.1) is 4.02 Å². The molecule has 0 N–H and O–H groups in total. The fourth-order valence-corrected chi connectivity index (χ4v) is 3.39. The van der Waals surface area contributed by atoms with E-state index in [1.54, 1.807) is 3.51 Å². The molecule has 1 aliphatic rings. The van der Waals surface area contributed by atoms with Crippen molar-refractivity contribution in [3.8, 4) is 0 Å². The summed E-state index contributed by atoms with van der Waals surface area (Å²) in [6, 6.07) is 8.58. The predicted octanol–water partition coefficient (Wildman–Crippen LogP) is -8.45. The third kappa shape index (κ3) is 5.24. The molecule has 0 aliphatic carbocycles. The Morgan fingerprint density at radius 1 is 1.00 bits per heavy atom. The summed E-state index contributed by atoms with van der Waals surface area (Å²) >= 11 is -0.363. The first-order valence-electron chi connectivity index (χ1n) is 2.90. The van der Waals surface area contributed by atoms with E-state index in [4.69, 9.17) is 0 Å². The summed E-state index contributed by atoms with van der Waals surface area (Å²) in [6.07, 6.45) is 2.13. The summed E-state index contributed by atoms with van der Waals surface area (Å²) in [5.74, 6) is 0. The van der Waals surface area contributed by atoms with Crippen molar-refractivity contribution in [2.45, 2.75) is 0 Å². The van der Waals surface area contributed by atoms with E-state index in [0.717, 1.165) is 0 Å². The number of halogens is 3. The summed E-state index contributed by atoms with van der Waals surface area (Å²) in [6.45, 7) is 0. The van der Waals surface area contributed by atoms with Gasteiger partial charge in [0.1, 0.15) is 0 Å². The van der Waals surface area contributed by atoms with Gasteiger partial charge in [-0.3, -0.25) is 0 Å². The normalized spacial score (nSPS) is 9.54. The van der Waals surface area contributed by atoms with Gasteiger partial charge in [-0.15, -0.1) is 0 Å². The average Bonchev–Trinajstić information content (AvgIpc) is 2.33. The zero-order chi connectivity index (χ0) is 6.10. The smallest absolute Gasteiger partial charge is 1.00 e. The van der Waals surface area contributed by atoms with E-state index in [0.29, 0.717) is 0 Å². The van der Waals surface area contributed by atoms with Crippen LogP contribution >= 0.6 is 0 Å². The molecule has 0 bridgehead atoms. The molecule has 13 heavy (non-hydrogen) atoms. The van der Waals surface area contributed by atoms with Gasteiger partial charge in [0.2, 0.25) is 0 Å². The number of hydrogen-bond donors (Lipinski definition) is 0. The Hall–Kier alpha value is 1.53. The summed E-state index contributed by atoms with van der Waals surface area (Å²) in [5, 5.41) is 0. The fourth-order valence-electron chi connectivity index (χ4n) is 0.928. The second-order valence-electron chi connectivity index (χ2n) is 2.00. The van der Waals surface area contributed by atoms with Crippen molar-refractivity contribution in [3.63, 3.8) is 0 Å². The van der Waals surface area contributed by atoms with E-state index >= 15 is 0 Å². The Bertz CT molecular complexity index is 265. The van der Waals surface area contributed by atoms with Gasteiger partial charge in [0, 0.05) is 0 Å². The van der Waals surface area contributed by atoms with Gasteiger partial charge >= 0.3 is 91.3 Å². The van der Waals surface area contributed by atoms with Crippen LogP contribution < -0.4 is 40.7 Å². The third-order valence-corrected chi connectivity index (χ3v) is 4.29. The van der Waals surface area contributed by atoms with E-state index in [9.17, 15) is 0 Å². The summed E-state index contributed by atoms with van der Waals surface area (Å²) in [5.41, 5.74) is 1.41. The second-order valence-corrected chi connectivity index (χ2v) is 5.08. The molecule has 0 atom stereocenters. The molecule has 68 valence electrons. The van der Waals surface area contributed by atoms with Gasteiger partial charge in [0.15, 0.2) is 0 Å². The number of benzene rings is 1. The second kappa shape index (κ2) is 10.1. The van der Waals surface area contributed by atoms with Crippen molar-refractivity contribution in [3.05, 3.63) is 33.9 Å². The van der Waals surface area contributed by atoms with Crippen LogP contribution in [-0.2, 0) is 26.2 Å². The molecule has 0 amide bonds. The van der Waals surface area contributed by atoms with Crippen LogP contribution in [0.3, 0.4) is 0 Å². The number of hydrogen-bond acceptors (Lipinski definition) is 0. The molecule has 0 spiro atoms. The molecule has 0 saturated heterocycles. The van der Waals surface area contributed by atoms with Crippen molar-refractivity contribution in [2.75, 3.05) is 0 Å². The molecule has 0 radical (unpaired) electrons. The standard InChI is InChI=1S/C8H5.3ClH.Sb.Zr.H/c1-2-8-6-4-3-5-7-8;;;;;;/h2-6H;3*1H;;;/q-1;;;;;+4;/p-3. The summed E-state index contributed by atoms with van der Waals surface area (Å²) < 4.78 is 4.90. The molecule has 0 saturated carbocycles. The minimum atomic E-state index is -0.363. The largest absolute Gasteiger partial charge is 4.00 e. The van der Waals surface area contributed by atoms with Gasteiger partial charge in [0.25, 0.3) is 0 Å². The van der Waals surface area contributed by atoms with E-state index in [2.05, 4.69) is 34.4 Å². The SMILES string of the molecule is [C-]1=Cc2cccc[c]2[SbH]1.[Cl-].[Cl-].[Cl-].[Zr+4]. The molecular formula is C8H6Cl3SbZr. The minimum absolute atomic E-state index is 0. The monoisotopic (exact) mass is 418 g/mol. The minimum Gasteiger partial charge on any atom is -1.00 e. The van der Waals surface area contributed by atoms with E-state index in [1.807, 2.05) is 0 Å². The maximum absolute atomic E-state index is 3.33. The van der Waals surface area contributed by atoms with Gasteiger partial charge in [-0.1, -0.05) is 0 Å². The van der Waals surface area contributed by atoms with Crippen molar-refractivity contribution in [1.29, 1.82) is 0 Å². The van der Waals surface area contributed by atoms with Gasteiger partial charge in [-0.2, -0.15) is 0 Å². The van der Waals surface area contributed by atoms with Gasteiger partial charge in [-0.25, -0.2) is 0 Å². The van der Waals surface area contributed by atoms with Crippen molar-refractivity contribution >= 4 is 31.2 Å². The molecule has 1 heterocycles. The Labute approximate surface area is 127 Å². The van der Waals surface area contributed by atoms with Crippen LogP contribution in [0.4, 0.5) is 0 Å².